The fourth-order valence-corrected chi connectivity index (χ4v) is 4.88. The van der Waals surface area contributed by atoms with Gasteiger partial charge < -0.3 is 19.7 Å². The van der Waals surface area contributed by atoms with Crippen LogP contribution in [0.25, 0.3) is 0 Å². The third-order valence-corrected chi connectivity index (χ3v) is 6.63. The molecule has 2 aliphatic rings. The van der Waals surface area contributed by atoms with E-state index < -0.39 is 18.0 Å². The number of aliphatic hydroxyl groups is 2. The third kappa shape index (κ3) is 6.39. The van der Waals surface area contributed by atoms with Gasteiger partial charge >= 0.3 is 0 Å². The van der Waals surface area contributed by atoms with Crippen LogP contribution in [0.4, 0.5) is 0 Å². The summed E-state index contributed by atoms with van der Waals surface area (Å²) < 4.78 is 12.1. The van der Waals surface area contributed by atoms with Crippen LogP contribution in [0, 0.1) is 11.8 Å². The first kappa shape index (κ1) is 22.5. The average Bonchev–Trinajstić information content (AvgIpc) is 3.30. The van der Waals surface area contributed by atoms with E-state index >= 15 is 0 Å². The molecule has 29 heavy (non-hydrogen) atoms. The molecule has 0 radical (unpaired) electrons. The lowest BCUT2D eigenvalue weighted by atomic mass is 9.85. The van der Waals surface area contributed by atoms with Crippen molar-refractivity contribution in [3.8, 4) is 0 Å². The van der Waals surface area contributed by atoms with Crippen LogP contribution in [0.5, 0.6) is 0 Å². The molecular weight excluding hydrogens is 364 g/mol. The van der Waals surface area contributed by atoms with E-state index in [9.17, 15) is 10.2 Å². The van der Waals surface area contributed by atoms with Crippen LogP contribution in [0.15, 0.2) is 42.5 Å². The van der Waals surface area contributed by atoms with Gasteiger partial charge in [-0.3, -0.25) is 0 Å². The van der Waals surface area contributed by atoms with Crippen molar-refractivity contribution in [3.63, 3.8) is 0 Å². The number of aryl methyl sites for hydroxylation is 1. The van der Waals surface area contributed by atoms with Gasteiger partial charge in [0.1, 0.15) is 0 Å². The molecule has 0 unspecified atom stereocenters. The molecule has 1 aliphatic carbocycles. The van der Waals surface area contributed by atoms with Crippen molar-refractivity contribution in [3.05, 3.63) is 48.0 Å². The monoisotopic (exact) mass is 402 g/mol. The zero-order chi connectivity index (χ0) is 20.5. The first-order chi connectivity index (χ1) is 14.1. The minimum Gasteiger partial charge on any atom is -0.393 e. The van der Waals surface area contributed by atoms with Crippen molar-refractivity contribution in [1.29, 1.82) is 0 Å². The summed E-state index contributed by atoms with van der Waals surface area (Å²) in [5, 5.41) is 21.1. The molecule has 4 heteroatoms. The molecule has 0 aromatic heterocycles. The second-order valence-corrected chi connectivity index (χ2v) is 8.68. The Hall–Kier alpha value is -1.20. The minimum absolute atomic E-state index is 0.0993. The van der Waals surface area contributed by atoms with Crippen molar-refractivity contribution in [2.45, 2.75) is 82.7 Å². The molecular formula is C25H38O4. The fourth-order valence-electron chi connectivity index (χ4n) is 4.88. The van der Waals surface area contributed by atoms with Crippen molar-refractivity contribution < 1.29 is 19.7 Å². The maximum Gasteiger partial charge on any atom is 0.168 e. The average molecular weight is 403 g/mol. The van der Waals surface area contributed by atoms with Crippen LogP contribution in [0.3, 0.4) is 0 Å². The highest BCUT2D eigenvalue weighted by molar-refractivity contribution is 5.15. The smallest absolute Gasteiger partial charge is 0.168 e. The second kappa shape index (κ2) is 11.3. The summed E-state index contributed by atoms with van der Waals surface area (Å²) >= 11 is 0. The molecule has 4 nitrogen and oxygen atoms in total. The Balaban J connectivity index is 1.56. The summed E-state index contributed by atoms with van der Waals surface area (Å²) in [5.41, 5.74) is 1.29. The summed E-state index contributed by atoms with van der Waals surface area (Å²) in [5.74, 6) is -0.331. The molecule has 1 aromatic rings. The van der Waals surface area contributed by atoms with E-state index in [-0.39, 0.29) is 11.8 Å². The van der Waals surface area contributed by atoms with E-state index in [4.69, 9.17) is 9.47 Å². The Bertz CT molecular complexity index is 609. The van der Waals surface area contributed by atoms with Gasteiger partial charge in [0.05, 0.1) is 25.4 Å². The standard InChI is InChI=1S/C25H38O4/c1-2-3-4-5-9-12-21-22(24(27)19-23(21)26)14-16-25(28-17-18-29-25)15-13-20-10-7-6-8-11-20/h5-11,21-24,26-27H,2-4,12-19H2,1H3/b9-5-/t21-,22-,23+,24-/m1/s1. The first-order valence-corrected chi connectivity index (χ1v) is 11.5. The summed E-state index contributed by atoms with van der Waals surface area (Å²) in [7, 11) is 0. The Morgan fingerprint density at radius 2 is 1.72 bits per heavy atom. The second-order valence-electron chi connectivity index (χ2n) is 8.68. The van der Waals surface area contributed by atoms with Gasteiger partial charge in [-0.25, -0.2) is 0 Å². The van der Waals surface area contributed by atoms with Crippen LogP contribution in [-0.4, -0.2) is 41.4 Å². The van der Waals surface area contributed by atoms with Gasteiger partial charge in [0, 0.05) is 12.8 Å². The lowest BCUT2D eigenvalue weighted by molar-refractivity contribution is -0.170. The van der Waals surface area contributed by atoms with Crippen LogP contribution in [0.1, 0.15) is 63.9 Å². The predicted molar refractivity (Wildman–Crippen MR) is 116 cm³/mol. The first-order valence-electron chi connectivity index (χ1n) is 11.5. The topological polar surface area (TPSA) is 58.9 Å². The largest absolute Gasteiger partial charge is 0.393 e. The Kier molecular flexibility index (Phi) is 8.73. The van der Waals surface area contributed by atoms with Crippen molar-refractivity contribution in [2.75, 3.05) is 13.2 Å². The molecule has 2 N–H and O–H groups in total. The number of allylic oxidation sites excluding steroid dienone is 2. The zero-order valence-corrected chi connectivity index (χ0v) is 17.8. The van der Waals surface area contributed by atoms with Crippen LogP contribution >= 0.6 is 0 Å². The molecule has 162 valence electrons. The molecule has 1 saturated heterocycles. The van der Waals surface area contributed by atoms with E-state index in [0.717, 1.165) is 38.5 Å². The van der Waals surface area contributed by atoms with Crippen LogP contribution in [0.2, 0.25) is 0 Å². The van der Waals surface area contributed by atoms with E-state index in [1.165, 1.54) is 18.4 Å². The van der Waals surface area contributed by atoms with Gasteiger partial charge in [-0.05, 0) is 49.5 Å². The van der Waals surface area contributed by atoms with Gasteiger partial charge in [0.2, 0.25) is 0 Å². The summed E-state index contributed by atoms with van der Waals surface area (Å²) in [6, 6.07) is 10.4. The highest BCUT2D eigenvalue weighted by Crippen LogP contribution is 2.41. The summed E-state index contributed by atoms with van der Waals surface area (Å²) in [6.07, 6.45) is 11.7. The highest BCUT2D eigenvalue weighted by atomic mass is 16.7. The van der Waals surface area contributed by atoms with Crippen molar-refractivity contribution in [1.82, 2.24) is 0 Å². The normalized spacial score (nSPS) is 29.1. The van der Waals surface area contributed by atoms with Gasteiger partial charge in [0.15, 0.2) is 5.79 Å². The summed E-state index contributed by atoms with van der Waals surface area (Å²) in [6.45, 7) is 3.46. The zero-order valence-electron chi connectivity index (χ0n) is 17.8. The third-order valence-electron chi connectivity index (χ3n) is 6.63. The Morgan fingerprint density at radius 1 is 1.00 bits per heavy atom. The van der Waals surface area contributed by atoms with E-state index in [2.05, 4.69) is 43.3 Å². The minimum atomic E-state index is -0.551. The number of rotatable bonds is 11. The number of benzene rings is 1. The molecule has 0 bridgehead atoms. The quantitative estimate of drug-likeness (QED) is 0.418. The van der Waals surface area contributed by atoms with Crippen molar-refractivity contribution in [2.24, 2.45) is 11.8 Å². The molecule has 4 atom stereocenters. The van der Waals surface area contributed by atoms with Gasteiger partial charge in [-0.1, -0.05) is 62.2 Å². The number of hydrogen-bond acceptors (Lipinski definition) is 4. The Morgan fingerprint density at radius 3 is 2.45 bits per heavy atom. The number of ether oxygens (including phenoxy) is 2. The van der Waals surface area contributed by atoms with E-state index in [1.54, 1.807) is 0 Å². The van der Waals surface area contributed by atoms with Crippen LogP contribution in [-0.2, 0) is 15.9 Å². The highest BCUT2D eigenvalue weighted by Gasteiger charge is 2.43. The summed E-state index contributed by atoms with van der Waals surface area (Å²) in [4.78, 5) is 0. The molecule has 0 amide bonds. The fraction of sp³-hybridized carbons (Fsp3) is 0.680. The molecule has 1 aliphatic heterocycles. The predicted octanol–water partition coefficient (Wildman–Crippen LogP) is 4.64. The molecule has 1 heterocycles. The molecule has 2 fully saturated rings. The number of aliphatic hydroxyl groups excluding tert-OH is 2. The van der Waals surface area contributed by atoms with Gasteiger partial charge in [-0.2, -0.15) is 0 Å². The lowest BCUT2D eigenvalue weighted by Crippen LogP contribution is -2.33. The molecule has 1 saturated carbocycles. The van der Waals surface area contributed by atoms with E-state index in [1.807, 2.05) is 6.07 Å². The van der Waals surface area contributed by atoms with Crippen LogP contribution < -0.4 is 0 Å². The molecule has 1 aromatic carbocycles. The number of unbranched alkanes of at least 4 members (excludes halogenated alkanes) is 2. The van der Waals surface area contributed by atoms with E-state index in [0.29, 0.717) is 19.6 Å². The maximum atomic E-state index is 10.6. The SMILES string of the molecule is CCCC/C=C\C[C@@H]1[C@@H](CCC2(CCc3ccccc3)OCCO2)[C@H](O)C[C@@H]1O. The Labute approximate surface area is 175 Å². The molecule has 3 rings (SSSR count). The number of hydrogen-bond donors (Lipinski definition) is 2. The van der Waals surface area contributed by atoms with Gasteiger partial charge in [-0.15, -0.1) is 0 Å². The maximum absolute atomic E-state index is 10.6. The lowest BCUT2D eigenvalue weighted by Gasteiger charge is -2.31. The van der Waals surface area contributed by atoms with Crippen molar-refractivity contribution >= 4 is 0 Å². The molecule has 0 spiro atoms. The van der Waals surface area contributed by atoms with Gasteiger partial charge in [0.25, 0.3) is 0 Å².